The van der Waals surface area contributed by atoms with Gasteiger partial charge in [0.15, 0.2) is 11.5 Å². The molecule has 2 aromatic carbocycles. The number of rotatable bonds is 7. The van der Waals surface area contributed by atoms with Crippen LogP contribution in [0.3, 0.4) is 0 Å². The molecule has 0 spiro atoms. The molecule has 0 saturated heterocycles. The number of hydrazone groups is 1. The summed E-state index contributed by atoms with van der Waals surface area (Å²) in [7, 11) is 1.60. The molecular weight excluding hydrogens is 360 g/mol. The van der Waals surface area contributed by atoms with Crippen LogP contribution in [-0.2, 0) is 0 Å². The molecule has 1 aromatic heterocycles. The molecule has 3 N–H and O–H groups in total. The topological polar surface area (TPSA) is 109 Å². The fourth-order valence-corrected chi connectivity index (χ4v) is 2.46. The van der Waals surface area contributed by atoms with E-state index in [0.717, 1.165) is 11.3 Å². The standard InChI is InChI=1S/C20H20N4O4/c1-3-28-19-10-13(4-9-18(19)25)12-21-24-20(26)17-11-16(22-23-17)14-5-7-15(27-2)8-6-14/h4-12,25H,3H2,1-2H3,(H,22,23)(H,24,26). The van der Waals surface area contributed by atoms with Crippen LogP contribution in [0.4, 0.5) is 0 Å². The minimum atomic E-state index is -0.424. The first kappa shape index (κ1) is 19.0. The van der Waals surface area contributed by atoms with E-state index in [0.29, 0.717) is 23.6 Å². The highest BCUT2D eigenvalue weighted by molar-refractivity contribution is 5.94. The van der Waals surface area contributed by atoms with Gasteiger partial charge in [-0.2, -0.15) is 10.2 Å². The second-order valence-corrected chi connectivity index (χ2v) is 5.75. The number of aromatic hydroxyl groups is 1. The normalized spacial score (nSPS) is 10.8. The maximum absolute atomic E-state index is 12.2. The number of amides is 1. The lowest BCUT2D eigenvalue weighted by molar-refractivity contribution is 0.0950. The van der Waals surface area contributed by atoms with Crippen molar-refractivity contribution in [2.75, 3.05) is 13.7 Å². The van der Waals surface area contributed by atoms with Crippen molar-refractivity contribution in [3.8, 4) is 28.5 Å². The lowest BCUT2D eigenvalue weighted by Gasteiger charge is -2.05. The van der Waals surface area contributed by atoms with E-state index in [1.165, 1.54) is 12.3 Å². The third-order valence-corrected chi connectivity index (χ3v) is 3.87. The number of carbonyl (C=O) groups is 1. The summed E-state index contributed by atoms with van der Waals surface area (Å²) in [5.41, 5.74) is 4.87. The van der Waals surface area contributed by atoms with Crippen LogP contribution in [0.25, 0.3) is 11.3 Å². The molecule has 0 bridgehead atoms. The van der Waals surface area contributed by atoms with Crippen LogP contribution in [0.1, 0.15) is 23.0 Å². The molecule has 0 aliphatic rings. The maximum Gasteiger partial charge on any atom is 0.289 e. The van der Waals surface area contributed by atoms with Gasteiger partial charge in [0, 0.05) is 5.56 Å². The molecule has 0 atom stereocenters. The highest BCUT2D eigenvalue weighted by Crippen LogP contribution is 2.26. The molecule has 0 radical (unpaired) electrons. The highest BCUT2D eigenvalue weighted by Gasteiger charge is 2.10. The Bertz CT molecular complexity index is 980. The van der Waals surface area contributed by atoms with Crippen molar-refractivity contribution >= 4 is 12.1 Å². The lowest BCUT2D eigenvalue weighted by Crippen LogP contribution is -2.18. The number of carbonyl (C=O) groups excluding carboxylic acids is 1. The number of benzene rings is 2. The summed E-state index contributed by atoms with van der Waals surface area (Å²) in [5, 5.41) is 20.5. The number of aromatic amines is 1. The SMILES string of the molecule is CCOc1cc(C=NNC(=O)c2cc(-c3ccc(OC)cc3)n[nH]2)ccc1O. The van der Waals surface area contributed by atoms with Crippen molar-refractivity contribution in [3.63, 3.8) is 0 Å². The van der Waals surface area contributed by atoms with E-state index in [1.807, 2.05) is 31.2 Å². The third-order valence-electron chi connectivity index (χ3n) is 3.87. The summed E-state index contributed by atoms with van der Waals surface area (Å²) in [6.45, 7) is 2.26. The van der Waals surface area contributed by atoms with Crippen molar-refractivity contribution in [1.82, 2.24) is 15.6 Å². The quantitative estimate of drug-likeness (QED) is 0.431. The molecule has 0 fully saturated rings. The maximum atomic E-state index is 12.2. The number of phenols is 1. The molecule has 0 unspecified atom stereocenters. The second-order valence-electron chi connectivity index (χ2n) is 5.75. The van der Waals surface area contributed by atoms with Crippen LogP contribution >= 0.6 is 0 Å². The van der Waals surface area contributed by atoms with Gasteiger partial charge in [0.2, 0.25) is 0 Å². The number of nitrogens with zero attached hydrogens (tertiary/aromatic N) is 2. The Labute approximate surface area is 161 Å². The minimum Gasteiger partial charge on any atom is -0.504 e. The Morgan fingerprint density at radius 2 is 2.04 bits per heavy atom. The Balaban J connectivity index is 1.64. The monoisotopic (exact) mass is 380 g/mol. The van der Waals surface area contributed by atoms with E-state index >= 15 is 0 Å². The largest absolute Gasteiger partial charge is 0.504 e. The fourth-order valence-electron chi connectivity index (χ4n) is 2.46. The predicted molar refractivity (Wildman–Crippen MR) is 105 cm³/mol. The Kier molecular flexibility index (Phi) is 5.91. The van der Waals surface area contributed by atoms with Crippen molar-refractivity contribution in [1.29, 1.82) is 0 Å². The first-order valence-corrected chi connectivity index (χ1v) is 8.59. The van der Waals surface area contributed by atoms with Gasteiger partial charge in [-0.1, -0.05) is 0 Å². The van der Waals surface area contributed by atoms with Gasteiger partial charge in [-0.3, -0.25) is 9.89 Å². The van der Waals surface area contributed by atoms with E-state index < -0.39 is 5.91 Å². The number of H-pyrrole nitrogens is 1. The second kappa shape index (κ2) is 8.72. The molecule has 1 heterocycles. The minimum absolute atomic E-state index is 0.0477. The van der Waals surface area contributed by atoms with Crippen LogP contribution in [0.2, 0.25) is 0 Å². The number of methoxy groups -OCH3 is 1. The molecule has 0 saturated carbocycles. The number of nitrogens with one attached hydrogen (secondary N) is 2. The average molecular weight is 380 g/mol. The average Bonchev–Trinajstić information content (AvgIpc) is 3.21. The van der Waals surface area contributed by atoms with Gasteiger partial charge in [0.25, 0.3) is 5.91 Å². The van der Waals surface area contributed by atoms with Crippen molar-refractivity contribution < 1.29 is 19.4 Å². The van der Waals surface area contributed by atoms with Gasteiger partial charge in [0.05, 0.1) is 25.6 Å². The van der Waals surface area contributed by atoms with E-state index in [1.54, 1.807) is 25.3 Å². The third kappa shape index (κ3) is 4.47. The zero-order valence-electron chi connectivity index (χ0n) is 15.5. The van der Waals surface area contributed by atoms with Gasteiger partial charge in [-0.25, -0.2) is 5.43 Å². The van der Waals surface area contributed by atoms with Crippen LogP contribution in [0.15, 0.2) is 53.6 Å². The summed E-state index contributed by atoms with van der Waals surface area (Å²) < 4.78 is 10.4. The smallest absolute Gasteiger partial charge is 0.289 e. The zero-order chi connectivity index (χ0) is 19.9. The lowest BCUT2D eigenvalue weighted by atomic mass is 10.1. The first-order valence-electron chi connectivity index (χ1n) is 8.59. The molecule has 8 heteroatoms. The van der Waals surface area contributed by atoms with Crippen LogP contribution in [0, 0.1) is 0 Å². The number of phenolic OH excluding ortho intramolecular Hbond substituents is 1. The molecular formula is C20H20N4O4. The van der Waals surface area contributed by atoms with Crippen LogP contribution < -0.4 is 14.9 Å². The molecule has 3 rings (SSSR count). The van der Waals surface area contributed by atoms with Gasteiger partial charge in [-0.05, 0) is 61.0 Å². The number of hydrogen-bond acceptors (Lipinski definition) is 6. The summed E-state index contributed by atoms with van der Waals surface area (Å²) >= 11 is 0. The molecule has 28 heavy (non-hydrogen) atoms. The number of aromatic nitrogens is 2. The molecule has 0 aliphatic carbocycles. The first-order chi connectivity index (χ1) is 13.6. The zero-order valence-corrected chi connectivity index (χ0v) is 15.5. The van der Waals surface area contributed by atoms with Gasteiger partial charge in [-0.15, -0.1) is 0 Å². The summed E-state index contributed by atoms with van der Waals surface area (Å²) in [5.74, 6) is 0.725. The molecule has 144 valence electrons. The predicted octanol–water partition coefficient (Wildman–Crippen LogP) is 2.95. The summed E-state index contributed by atoms with van der Waals surface area (Å²) in [6, 6.07) is 13.8. The Morgan fingerprint density at radius 1 is 1.25 bits per heavy atom. The van der Waals surface area contributed by atoms with Crippen LogP contribution in [0.5, 0.6) is 17.2 Å². The van der Waals surface area contributed by atoms with E-state index in [9.17, 15) is 9.90 Å². The fraction of sp³-hybridized carbons (Fsp3) is 0.150. The van der Waals surface area contributed by atoms with Crippen molar-refractivity contribution in [3.05, 3.63) is 59.8 Å². The van der Waals surface area contributed by atoms with Crippen molar-refractivity contribution in [2.45, 2.75) is 6.92 Å². The molecule has 0 aliphatic heterocycles. The Hall–Kier alpha value is -3.81. The van der Waals surface area contributed by atoms with Gasteiger partial charge >= 0.3 is 0 Å². The van der Waals surface area contributed by atoms with E-state index in [2.05, 4.69) is 20.7 Å². The summed E-state index contributed by atoms with van der Waals surface area (Å²) in [4.78, 5) is 12.2. The highest BCUT2D eigenvalue weighted by atomic mass is 16.5. The molecule has 3 aromatic rings. The number of ether oxygens (including phenoxy) is 2. The van der Waals surface area contributed by atoms with Gasteiger partial charge < -0.3 is 14.6 Å². The van der Waals surface area contributed by atoms with Crippen molar-refractivity contribution in [2.24, 2.45) is 5.10 Å². The van der Waals surface area contributed by atoms with Gasteiger partial charge in [0.1, 0.15) is 11.4 Å². The number of hydrogen-bond donors (Lipinski definition) is 3. The van der Waals surface area contributed by atoms with E-state index in [-0.39, 0.29) is 11.4 Å². The summed E-state index contributed by atoms with van der Waals surface area (Å²) in [6.07, 6.45) is 1.46. The molecule has 1 amide bonds. The van der Waals surface area contributed by atoms with Crippen LogP contribution in [-0.4, -0.2) is 41.1 Å². The molecule has 8 nitrogen and oxygen atoms in total. The van der Waals surface area contributed by atoms with E-state index in [4.69, 9.17) is 9.47 Å². The Morgan fingerprint density at radius 3 is 2.75 bits per heavy atom.